The topological polar surface area (TPSA) is 216 Å². The van der Waals surface area contributed by atoms with Crippen LogP contribution in [0.25, 0.3) is 11.3 Å². The number of alkyl carbamates (subject to hydrolysis) is 1. The van der Waals surface area contributed by atoms with Crippen LogP contribution in [0.5, 0.6) is 0 Å². The number of rotatable bonds is 18. The highest BCUT2D eigenvalue weighted by atomic mass is 19.4. The Hall–Kier alpha value is -7.01. The molecule has 6 heterocycles. The number of carboxylic acid groups (broad SMARTS) is 1. The zero-order valence-corrected chi connectivity index (χ0v) is 42.3. The molecule has 2 bridgehead atoms. The lowest BCUT2D eigenvalue weighted by molar-refractivity contribution is -0.220. The number of halogens is 7. The molecule has 6 N–H and O–H groups in total. The van der Waals surface area contributed by atoms with Gasteiger partial charge in [-0.25, -0.2) is 33.0 Å². The zero-order chi connectivity index (χ0) is 55.4. The maximum Gasteiger partial charge on any atom is 0.407 e. The zero-order valence-electron chi connectivity index (χ0n) is 42.3. The Kier molecular flexibility index (Phi) is 17.2. The number of nitrogens with zero attached hydrogens (tertiary/aromatic N) is 6. The molecule has 410 valence electrons. The molecule has 4 fully saturated rings. The number of hydrogen-bond acceptors (Lipinski definition) is 12. The Morgan fingerprint density at radius 3 is 2.03 bits per heavy atom. The predicted octanol–water partition coefficient (Wildman–Crippen LogP) is 5.60. The van der Waals surface area contributed by atoms with Gasteiger partial charge in [-0.15, -0.1) is 0 Å². The van der Waals surface area contributed by atoms with Gasteiger partial charge >= 0.3 is 24.9 Å². The second kappa shape index (κ2) is 23.1. The molecule has 6 atom stereocenters. The first-order valence-corrected chi connectivity index (χ1v) is 24.2. The third-order valence-corrected chi connectivity index (χ3v) is 13.7. The molecule has 25 heteroatoms. The average molecular weight is 1070 g/mol. The van der Waals surface area contributed by atoms with Crippen molar-refractivity contribution in [3.63, 3.8) is 0 Å². The van der Waals surface area contributed by atoms with Gasteiger partial charge in [0.05, 0.1) is 49.6 Å². The summed E-state index contributed by atoms with van der Waals surface area (Å²) < 4.78 is 112. The molecule has 4 aromatic rings. The molecular formula is C51H59F7N10O8. The predicted molar refractivity (Wildman–Crippen MR) is 260 cm³/mol. The van der Waals surface area contributed by atoms with Crippen LogP contribution in [0.4, 0.5) is 46.1 Å². The average Bonchev–Trinajstić information content (AvgIpc) is 3.85. The first-order valence-electron chi connectivity index (χ1n) is 24.2. The van der Waals surface area contributed by atoms with E-state index in [1.165, 1.54) is 20.8 Å². The molecule has 2 aromatic heterocycles. The monoisotopic (exact) mass is 1070 g/mol. The summed E-state index contributed by atoms with van der Waals surface area (Å²) in [6.07, 6.45) is -6.66. The lowest BCUT2D eigenvalue weighted by Crippen LogP contribution is -2.74. The molecule has 76 heavy (non-hydrogen) atoms. The molecule has 0 saturated carbocycles. The number of piperazine rings is 1. The fraction of sp³-hybridized carbons (Fsp3) is 0.490. The normalized spacial score (nSPS) is 18.6. The number of hydrazine groups is 1. The second-order valence-corrected chi connectivity index (χ2v) is 20.6. The van der Waals surface area contributed by atoms with Crippen LogP contribution < -0.4 is 26.3 Å². The first-order chi connectivity index (χ1) is 35.7. The number of nitrogens with one attached hydrogen (secondary N) is 4. The number of anilines is 1. The van der Waals surface area contributed by atoms with Gasteiger partial charge in [-0.2, -0.15) is 27.1 Å². The van der Waals surface area contributed by atoms with Crippen LogP contribution in [0.1, 0.15) is 69.8 Å². The molecular weight excluding hydrogens is 1010 g/mol. The molecule has 4 aliphatic rings. The van der Waals surface area contributed by atoms with Gasteiger partial charge in [0.25, 0.3) is 5.91 Å². The first kappa shape index (κ1) is 56.7. The number of carbonyl (C=O) groups is 4. The highest BCUT2D eigenvalue weighted by Gasteiger charge is 2.56. The SMILES string of the molecule is COC(=O)N[C@H](C(=O)N[C@@H](Cc1ccc(C#Cc2ccc(N3CC4CC(C3)N4C3COC3)nc2)cc1)[C@@H](O)CN(Cc1c(F)cc(-c2ccn(C(F)F)n2)cc1F)NC(=O)[C@@H](NC(=O)O)C(C)(C)C)C(C)(C)C(F)(F)F. The third-order valence-electron chi connectivity index (χ3n) is 13.7. The number of hydrogen-bond donors (Lipinski definition) is 6. The summed E-state index contributed by atoms with van der Waals surface area (Å²) in [6.45, 7) is 4.31. The van der Waals surface area contributed by atoms with Gasteiger partial charge in [0.2, 0.25) is 5.91 Å². The van der Waals surface area contributed by atoms with E-state index in [1.807, 2.05) is 17.4 Å². The number of aliphatic hydroxyl groups is 1. The largest absolute Gasteiger partial charge is 0.465 e. The molecule has 2 aromatic carbocycles. The van der Waals surface area contributed by atoms with E-state index in [2.05, 4.69) is 52.5 Å². The van der Waals surface area contributed by atoms with Gasteiger partial charge in [0.15, 0.2) is 0 Å². The number of benzene rings is 2. The molecule has 4 amide bonds. The summed E-state index contributed by atoms with van der Waals surface area (Å²) in [4.78, 5) is 61.6. The van der Waals surface area contributed by atoms with E-state index in [0.29, 0.717) is 48.7 Å². The molecule has 0 spiro atoms. The number of methoxy groups -OCH3 is 1. The number of fused-ring (bicyclic) bond motifs is 2. The van der Waals surface area contributed by atoms with Crippen molar-refractivity contribution in [2.45, 2.75) is 109 Å². The smallest absolute Gasteiger partial charge is 0.407 e. The molecule has 2 unspecified atom stereocenters. The molecule has 8 rings (SSSR count). The van der Waals surface area contributed by atoms with Gasteiger partial charge in [-0.3, -0.25) is 19.9 Å². The Bertz CT molecular complexity index is 2760. The van der Waals surface area contributed by atoms with Crippen molar-refractivity contribution in [3.8, 4) is 23.1 Å². The second-order valence-electron chi connectivity index (χ2n) is 20.6. The highest BCUT2D eigenvalue weighted by molar-refractivity contribution is 5.87. The van der Waals surface area contributed by atoms with E-state index < -0.39 is 102 Å². The van der Waals surface area contributed by atoms with E-state index in [4.69, 9.17) is 4.74 Å². The van der Waals surface area contributed by atoms with E-state index in [9.17, 15) is 51.3 Å². The summed E-state index contributed by atoms with van der Waals surface area (Å²) in [5.41, 5.74) is -1.37. The number of carbonyl (C=O) groups excluding carboxylic acids is 3. The molecule has 4 aliphatic heterocycles. The lowest BCUT2D eigenvalue weighted by Gasteiger charge is -2.60. The number of pyridine rings is 1. The van der Waals surface area contributed by atoms with Crippen molar-refractivity contribution < 1.29 is 69.6 Å². The summed E-state index contributed by atoms with van der Waals surface area (Å²) in [7, 11) is 0.870. The number of piperidine rings is 1. The number of aromatic nitrogens is 3. The summed E-state index contributed by atoms with van der Waals surface area (Å²) >= 11 is 0. The van der Waals surface area contributed by atoms with Gasteiger partial charge < -0.3 is 40.5 Å². The minimum atomic E-state index is -5.10. The summed E-state index contributed by atoms with van der Waals surface area (Å²) in [5, 5.41) is 32.5. The van der Waals surface area contributed by atoms with Crippen LogP contribution in [0.3, 0.4) is 0 Å². The maximum absolute atomic E-state index is 16.0. The van der Waals surface area contributed by atoms with E-state index in [1.54, 1.807) is 30.5 Å². The van der Waals surface area contributed by atoms with E-state index in [-0.39, 0.29) is 22.4 Å². The molecule has 0 radical (unpaired) electrons. The molecule has 4 saturated heterocycles. The van der Waals surface area contributed by atoms with E-state index in [0.717, 1.165) is 75.1 Å². The summed E-state index contributed by atoms with van der Waals surface area (Å²) in [5.74, 6) is 1.93. The van der Waals surface area contributed by atoms with Gasteiger partial charge in [0, 0.05) is 72.9 Å². The number of amides is 4. The molecule has 0 aliphatic carbocycles. The van der Waals surface area contributed by atoms with Crippen molar-refractivity contribution in [1.29, 1.82) is 0 Å². The Labute approximate surface area is 433 Å². The van der Waals surface area contributed by atoms with E-state index >= 15 is 8.78 Å². The number of ether oxygens (including phenoxy) is 2. The number of alkyl halides is 5. The van der Waals surface area contributed by atoms with Crippen molar-refractivity contribution in [1.82, 2.24) is 46.0 Å². The third kappa shape index (κ3) is 13.3. The molecule has 18 nitrogen and oxygen atoms in total. The minimum Gasteiger partial charge on any atom is -0.465 e. The van der Waals surface area contributed by atoms with Crippen LogP contribution in [0.15, 0.2) is 67.0 Å². The summed E-state index contributed by atoms with van der Waals surface area (Å²) in [6, 6.07) is 8.74. The Morgan fingerprint density at radius 2 is 1.50 bits per heavy atom. The van der Waals surface area contributed by atoms with Crippen LogP contribution in [-0.4, -0.2) is 147 Å². The quantitative estimate of drug-likeness (QED) is 0.0408. The highest BCUT2D eigenvalue weighted by Crippen LogP contribution is 2.41. The fourth-order valence-electron chi connectivity index (χ4n) is 9.27. The maximum atomic E-state index is 16.0. The van der Waals surface area contributed by atoms with Crippen LogP contribution in [0, 0.1) is 34.3 Å². The number of aliphatic hydroxyl groups excluding tert-OH is 1. The standard InChI is InChI=1S/C51H59F7N10O8/c1-49(2,3)42(61-47(72)73)45(71)64-66(24-35-36(52)18-31(19-37(35)53)38-15-16-67(63-38)46(54)55)25-40(69)39(60-44(70)43(62-48(74)75-6)50(4,5)51(56,57)58)17-29-10-7-28(8-11-29)9-12-30-13-14-41(59-21-30)65-22-32-20-33(23-65)68(32)34-26-76-27-34/h7-8,10-11,13-16,18-19,21,32-34,39-40,42-43,46,61,69H,17,20,22-27H2,1-6H3,(H,60,70)(H,62,74)(H,64,71)(H,72,73)/t32?,33?,39-,40-,42+,43+/m0/s1. The van der Waals surface area contributed by atoms with Crippen molar-refractivity contribution >= 4 is 29.8 Å². The van der Waals surface area contributed by atoms with Crippen molar-refractivity contribution in [2.24, 2.45) is 10.8 Å². The minimum absolute atomic E-state index is 0.218. The van der Waals surface area contributed by atoms with Crippen LogP contribution in [-0.2, 0) is 32.0 Å². The van der Waals surface area contributed by atoms with Crippen LogP contribution >= 0.6 is 0 Å². The van der Waals surface area contributed by atoms with Crippen LogP contribution in [0.2, 0.25) is 0 Å². The van der Waals surface area contributed by atoms with Crippen molar-refractivity contribution in [3.05, 3.63) is 101 Å². The van der Waals surface area contributed by atoms with Crippen molar-refractivity contribution in [2.75, 3.05) is 44.9 Å². The lowest BCUT2D eigenvalue weighted by atomic mass is 9.82. The van der Waals surface area contributed by atoms with Gasteiger partial charge in [-0.1, -0.05) is 44.7 Å². The van der Waals surface area contributed by atoms with Gasteiger partial charge in [-0.05, 0) is 80.1 Å². The Balaban J connectivity index is 1.15. The Morgan fingerprint density at radius 1 is 0.868 bits per heavy atom. The fourth-order valence-corrected chi connectivity index (χ4v) is 9.27. The van der Waals surface area contributed by atoms with Gasteiger partial charge in [0.1, 0.15) is 29.5 Å².